The third-order valence-electron chi connectivity index (χ3n) is 4.31. The van der Waals surface area contributed by atoms with Crippen LogP contribution in [0.5, 0.6) is 0 Å². The quantitative estimate of drug-likeness (QED) is 0.503. The minimum atomic E-state index is -3.50. The number of carbonyl (C=O) groups excluding carboxylic acids is 2. The Morgan fingerprint density at radius 1 is 1.26 bits per heavy atom. The summed E-state index contributed by atoms with van der Waals surface area (Å²) in [5.41, 5.74) is 0.872. The van der Waals surface area contributed by atoms with E-state index in [4.69, 9.17) is 4.74 Å². The summed E-state index contributed by atoms with van der Waals surface area (Å²) in [6.07, 6.45) is 1.68. The molecule has 0 aliphatic carbocycles. The number of thiol groups is 1. The average Bonchev–Trinajstić information content (AvgIpc) is 3.04. The first-order valence-corrected chi connectivity index (χ1v) is 11.2. The fraction of sp³-hybridized carbons (Fsp3) is 0.556. The SMILES string of the molecule is CCCCS(=O)(=O)N1CC(S)CC1C(=O)Nc1ccc(C(=O)OCC)cc1. The average molecular weight is 415 g/mol. The maximum Gasteiger partial charge on any atom is 0.338 e. The van der Waals surface area contributed by atoms with Gasteiger partial charge < -0.3 is 10.1 Å². The highest BCUT2D eigenvalue weighted by Crippen LogP contribution is 2.27. The van der Waals surface area contributed by atoms with Crippen molar-refractivity contribution in [2.45, 2.75) is 44.4 Å². The molecular weight excluding hydrogens is 388 g/mol. The number of nitrogens with zero attached hydrogens (tertiary/aromatic N) is 1. The van der Waals surface area contributed by atoms with Crippen molar-refractivity contribution < 1.29 is 22.7 Å². The Morgan fingerprint density at radius 2 is 1.93 bits per heavy atom. The van der Waals surface area contributed by atoms with Gasteiger partial charge >= 0.3 is 5.97 Å². The lowest BCUT2D eigenvalue weighted by molar-refractivity contribution is -0.119. The van der Waals surface area contributed by atoms with E-state index in [1.54, 1.807) is 31.2 Å². The van der Waals surface area contributed by atoms with Gasteiger partial charge in [-0.25, -0.2) is 13.2 Å². The van der Waals surface area contributed by atoms with Crippen molar-refractivity contribution in [3.63, 3.8) is 0 Å². The molecule has 1 aromatic rings. The predicted octanol–water partition coefficient (Wildman–Crippen LogP) is 2.30. The van der Waals surface area contributed by atoms with E-state index in [2.05, 4.69) is 17.9 Å². The maximum absolute atomic E-state index is 12.7. The van der Waals surface area contributed by atoms with Crippen LogP contribution < -0.4 is 5.32 Å². The molecule has 1 N–H and O–H groups in total. The van der Waals surface area contributed by atoms with Crippen LogP contribution in [0.1, 0.15) is 43.5 Å². The molecule has 0 saturated carbocycles. The van der Waals surface area contributed by atoms with Crippen molar-refractivity contribution in [3.05, 3.63) is 29.8 Å². The van der Waals surface area contributed by atoms with E-state index in [1.165, 1.54) is 4.31 Å². The number of anilines is 1. The molecule has 1 aliphatic heterocycles. The molecule has 1 amide bonds. The van der Waals surface area contributed by atoms with Gasteiger partial charge in [0.25, 0.3) is 0 Å². The van der Waals surface area contributed by atoms with Crippen LogP contribution >= 0.6 is 12.6 Å². The fourth-order valence-corrected chi connectivity index (χ4v) is 5.25. The highest BCUT2D eigenvalue weighted by Gasteiger charge is 2.41. The van der Waals surface area contributed by atoms with E-state index in [0.717, 1.165) is 6.42 Å². The molecule has 0 radical (unpaired) electrons. The van der Waals surface area contributed by atoms with Crippen molar-refractivity contribution in [1.29, 1.82) is 0 Å². The molecule has 2 rings (SSSR count). The van der Waals surface area contributed by atoms with Crippen LogP contribution in [0, 0.1) is 0 Å². The summed E-state index contributed by atoms with van der Waals surface area (Å²) < 4.78 is 31.3. The van der Waals surface area contributed by atoms with Crippen molar-refractivity contribution in [1.82, 2.24) is 4.31 Å². The van der Waals surface area contributed by atoms with Crippen molar-refractivity contribution in [2.75, 3.05) is 24.2 Å². The molecule has 1 heterocycles. The summed E-state index contributed by atoms with van der Waals surface area (Å²) >= 11 is 4.37. The third kappa shape index (κ3) is 5.70. The van der Waals surface area contributed by atoms with Gasteiger partial charge in [-0.3, -0.25) is 4.79 Å². The van der Waals surface area contributed by atoms with Crippen LogP contribution in [0.15, 0.2) is 24.3 Å². The molecule has 9 heteroatoms. The number of unbranched alkanes of at least 4 members (excludes halogenated alkanes) is 1. The van der Waals surface area contributed by atoms with E-state index in [9.17, 15) is 18.0 Å². The Bertz CT molecular complexity index is 764. The first-order valence-electron chi connectivity index (χ1n) is 9.04. The summed E-state index contributed by atoms with van der Waals surface area (Å²) in [4.78, 5) is 24.3. The Balaban J connectivity index is 2.08. The number of ether oxygens (including phenoxy) is 1. The van der Waals surface area contributed by atoms with Crippen LogP contribution in [0.4, 0.5) is 5.69 Å². The van der Waals surface area contributed by atoms with E-state index < -0.39 is 27.9 Å². The molecule has 0 aromatic heterocycles. The zero-order valence-electron chi connectivity index (χ0n) is 15.6. The van der Waals surface area contributed by atoms with Gasteiger partial charge in [-0.05, 0) is 44.0 Å². The number of hydrogen-bond acceptors (Lipinski definition) is 6. The van der Waals surface area contributed by atoms with Crippen LogP contribution in [0.25, 0.3) is 0 Å². The molecular formula is C18H26N2O5S2. The second kappa shape index (κ2) is 9.57. The zero-order valence-corrected chi connectivity index (χ0v) is 17.3. The highest BCUT2D eigenvalue weighted by atomic mass is 32.2. The lowest BCUT2D eigenvalue weighted by atomic mass is 10.2. The molecule has 7 nitrogen and oxygen atoms in total. The van der Waals surface area contributed by atoms with E-state index >= 15 is 0 Å². The first kappa shape index (κ1) is 21.7. The summed E-state index contributed by atoms with van der Waals surface area (Å²) in [6, 6.07) is 5.51. The Morgan fingerprint density at radius 3 is 2.52 bits per heavy atom. The number of hydrogen-bond donors (Lipinski definition) is 2. The number of benzene rings is 1. The Hall–Kier alpha value is -1.58. The minimum absolute atomic E-state index is 0.0298. The summed E-state index contributed by atoms with van der Waals surface area (Å²) in [7, 11) is -3.50. The number of carbonyl (C=O) groups is 2. The van der Waals surface area contributed by atoms with Crippen LogP contribution in [-0.4, -0.2) is 54.8 Å². The van der Waals surface area contributed by atoms with Gasteiger partial charge in [0, 0.05) is 17.5 Å². The Labute approximate surface area is 165 Å². The lowest BCUT2D eigenvalue weighted by Crippen LogP contribution is -2.44. The summed E-state index contributed by atoms with van der Waals surface area (Å²) in [6.45, 7) is 4.16. The molecule has 27 heavy (non-hydrogen) atoms. The number of esters is 1. The van der Waals surface area contributed by atoms with E-state index in [0.29, 0.717) is 24.1 Å². The monoisotopic (exact) mass is 414 g/mol. The maximum atomic E-state index is 12.7. The predicted molar refractivity (Wildman–Crippen MR) is 108 cm³/mol. The number of rotatable bonds is 8. The van der Waals surface area contributed by atoms with E-state index in [-0.39, 0.29) is 24.2 Å². The first-order chi connectivity index (χ1) is 12.8. The van der Waals surface area contributed by atoms with Gasteiger partial charge in [-0.15, -0.1) is 0 Å². The van der Waals surface area contributed by atoms with Gasteiger partial charge in [-0.1, -0.05) is 13.3 Å². The smallest absolute Gasteiger partial charge is 0.338 e. The normalized spacial score (nSPS) is 20.4. The molecule has 1 fully saturated rings. The van der Waals surface area contributed by atoms with Gasteiger partial charge in [0.2, 0.25) is 15.9 Å². The third-order valence-corrected chi connectivity index (χ3v) is 6.61. The molecule has 0 bridgehead atoms. The van der Waals surface area contributed by atoms with E-state index in [1.807, 2.05) is 6.92 Å². The van der Waals surface area contributed by atoms with Crippen molar-refractivity contribution >= 4 is 40.2 Å². The zero-order chi connectivity index (χ0) is 20.0. The Kier molecular flexibility index (Phi) is 7.69. The van der Waals surface area contributed by atoms with Crippen LogP contribution in [0.3, 0.4) is 0 Å². The molecule has 2 unspecified atom stereocenters. The number of amides is 1. The number of sulfonamides is 1. The van der Waals surface area contributed by atoms with Crippen LogP contribution in [0.2, 0.25) is 0 Å². The van der Waals surface area contributed by atoms with Crippen molar-refractivity contribution in [3.8, 4) is 0 Å². The minimum Gasteiger partial charge on any atom is -0.462 e. The van der Waals surface area contributed by atoms with Crippen LogP contribution in [-0.2, 0) is 19.6 Å². The fourth-order valence-electron chi connectivity index (χ4n) is 2.90. The standard InChI is InChI=1S/C18H26N2O5S2/c1-3-5-10-27(23,24)20-12-15(26)11-16(20)17(21)19-14-8-6-13(7-9-14)18(22)25-4-2/h6-9,15-16,26H,3-5,10-12H2,1-2H3,(H,19,21). The lowest BCUT2D eigenvalue weighted by Gasteiger charge is -2.23. The van der Waals surface area contributed by atoms with Gasteiger partial charge in [0.1, 0.15) is 6.04 Å². The molecule has 1 aliphatic rings. The second-order valence-electron chi connectivity index (χ2n) is 6.43. The molecule has 0 spiro atoms. The van der Waals surface area contributed by atoms with Gasteiger partial charge in [0.15, 0.2) is 0 Å². The second-order valence-corrected chi connectivity index (χ2v) is 9.20. The largest absolute Gasteiger partial charge is 0.462 e. The topological polar surface area (TPSA) is 92.8 Å². The number of nitrogens with one attached hydrogen (secondary N) is 1. The highest BCUT2D eigenvalue weighted by molar-refractivity contribution is 7.89. The van der Waals surface area contributed by atoms with Crippen molar-refractivity contribution in [2.24, 2.45) is 0 Å². The molecule has 1 saturated heterocycles. The van der Waals surface area contributed by atoms with Gasteiger partial charge in [0.05, 0.1) is 17.9 Å². The molecule has 150 valence electrons. The summed E-state index contributed by atoms with van der Waals surface area (Å²) in [5.74, 6) is -0.796. The van der Waals surface area contributed by atoms with Gasteiger partial charge in [-0.2, -0.15) is 16.9 Å². The molecule has 2 atom stereocenters. The molecule has 1 aromatic carbocycles. The summed E-state index contributed by atoms with van der Waals surface area (Å²) in [5, 5.41) is 2.55.